The number of hydrogen-bond acceptors (Lipinski definition) is 4. The van der Waals surface area contributed by atoms with E-state index in [0.717, 1.165) is 11.1 Å². The molecule has 0 radical (unpaired) electrons. The average molecular weight is 284 g/mol. The van der Waals surface area contributed by atoms with Crippen LogP contribution in [0.15, 0.2) is 30.3 Å². The largest absolute Gasteiger partial charge is 0.459 e. The van der Waals surface area contributed by atoms with Crippen molar-refractivity contribution in [1.82, 2.24) is 5.32 Å². The minimum Gasteiger partial charge on any atom is -0.459 e. The molecular formula is C17H20N2O2. The predicted octanol–water partition coefficient (Wildman–Crippen LogP) is 2.65. The molecule has 0 amide bonds. The Balaban J connectivity index is 2.12. The summed E-state index contributed by atoms with van der Waals surface area (Å²) in [6.07, 6.45) is 2.63. The zero-order chi connectivity index (χ0) is 15.5. The van der Waals surface area contributed by atoms with Crippen LogP contribution >= 0.6 is 0 Å². The number of esters is 1. The summed E-state index contributed by atoms with van der Waals surface area (Å²) in [4.78, 5) is 12.1. The number of nitrogens with zero attached hydrogens (tertiary/aromatic N) is 1. The molecule has 1 aromatic rings. The highest BCUT2D eigenvalue weighted by Crippen LogP contribution is 2.24. The molecule has 1 aromatic carbocycles. The molecule has 1 N–H and O–H groups in total. The summed E-state index contributed by atoms with van der Waals surface area (Å²) >= 11 is 0. The zero-order valence-corrected chi connectivity index (χ0v) is 12.6. The van der Waals surface area contributed by atoms with Crippen molar-refractivity contribution in [3.63, 3.8) is 0 Å². The number of carbonyl (C=O) groups excluding carboxylic acids is 1. The quantitative estimate of drug-likeness (QED) is 0.848. The van der Waals surface area contributed by atoms with E-state index in [4.69, 9.17) is 10.00 Å². The smallest absolute Gasteiger partial charge is 0.324 e. The molecule has 4 nitrogen and oxygen atoms in total. The number of carbonyl (C=O) groups is 1. The minimum atomic E-state index is -0.485. The molecule has 0 saturated carbocycles. The van der Waals surface area contributed by atoms with Gasteiger partial charge in [0.2, 0.25) is 0 Å². The summed E-state index contributed by atoms with van der Waals surface area (Å²) in [6, 6.07) is 9.25. The van der Waals surface area contributed by atoms with Crippen molar-refractivity contribution < 1.29 is 9.53 Å². The van der Waals surface area contributed by atoms with E-state index in [1.165, 1.54) is 0 Å². The van der Waals surface area contributed by atoms with Gasteiger partial charge in [0, 0.05) is 6.54 Å². The molecule has 21 heavy (non-hydrogen) atoms. The van der Waals surface area contributed by atoms with Crippen LogP contribution in [0.2, 0.25) is 0 Å². The lowest BCUT2D eigenvalue weighted by Gasteiger charge is -2.27. The Morgan fingerprint density at radius 3 is 2.86 bits per heavy atom. The van der Waals surface area contributed by atoms with Crippen molar-refractivity contribution in [2.75, 3.05) is 6.54 Å². The van der Waals surface area contributed by atoms with Gasteiger partial charge in [0.05, 0.1) is 11.6 Å². The first-order valence-corrected chi connectivity index (χ1v) is 7.05. The first kappa shape index (κ1) is 15.3. The summed E-state index contributed by atoms with van der Waals surface area (Å²) in [5, 5.41) is 12.1. The third-order valence-electron chi connectivity index (χ3n) is 3.19. The van der Waals surface area contributed by atoms with E-state index in [1.807, 2.05) is 39.0 Å². The van der Waals surface area contributed by atoms with Crippen molar-refractivity contribution in [2.45, 2.75) is 38.8 Å². The summed E-state index contributed by atoms with van der Waals surface area (Å²) in [5.74, 6) is -0.232. The zero-order valence-electron chi connectivity index (χ0n) is 12.6. The van der Waals surface area contributed by atoms with Crippen molar-refractivity contribution in [3.05, 3.63) is 41.5 Å². The number of ether oxygens (including phenoxy) is 1. The highest BCUT2D eigenvalue weighted by atomic mass is 16.6. The second-order valence-corrected chi connectivity index (χ2v) is 6.12. The summed E-state index contributed by atoms with van der Waals surface area (Å²) in [5.41, 5.74) is 2.20. The van der Waals surface area contributed by atoms with Gasteiger partial charge in [-0.2, -0.15) is 5.26 Å². The van der Waals surface area contributed by atoms with Crippen LogP contribution < -0.4 is 5.32 Å². The molecule has 1 aliphatic heterocycles. The number of hydrogen-bond donors (Lipinski definition) is 1. The molecule has 0 aromatic heterocycles. The van der Waals surface area contributed by atoms with Crippen molar-refractivity contribution in [2.24, 2.45) is 0 Å². The molecule has 0 saturated heterocycles. The Bertz CT molecular complexity index is 606. The second-order valence-electron chi connectivity index (χ2n) is 6.12. The maximum atomic E-state index is 12.1. The van der Waals surface area contributed by atoms with E-state index in [2.05, 4.69) is 17.5 Å². The first-order chi connectivity index (χ1) is 9.89. The van der Waals surface area contributed by atoms with Gasteiger partial charge in [-0.05, 0) is 50.5 Å². The molecule has 0 spiro atoms. The number of benzene rings is 1. The topological polar surface area (TPSA) is 62.1 Å². The first-order valence-electron chi connectivity index (χ1n) is 7.05. The van der Waals surface area contributed by atoms with Gasteiger partial charge in [0.1, 0.15) is 11.6 Å². The van der Waals surface area contributed by atoms with Gasteiger partial charge < -0.3 is 10.1 Å². The summed E-state index contributed by atoms with van der Waals surface area (Å²) in [7, 11) is 0. The van der Waals surface area contributed by atoms with Gasteiger partial charge >= 0.3 is 5.97 Å². The number of nitriles is 1. The van der Waals surface area contributed by atoms with E-state index < -0.39 is 5.60 Å². The van der Waals surface area contributed by atoms with Crippen LogP contribution in [0.1, 0.15) is 38.3 Å². The van der Waals surface area contributed by atoms with E-state index >= 15 is 0 Å². The molecule has 1 aliphatic rings. The van der Waals surface area contributed by atoms with Crippen LogP contribution in [0.3, 0.4) is 0 Å². The lowest BCUT2D eigenvalue weighted by Crippen LogP contribution is -2.43. The highest BCUT2D eigenvalue weighted by molar-refractivity contribution is 5.81. The van der Waals surface area contributed by atoms with Crippen molar-refractivity contribution >= 4 is 11.5 Å². The van der Waals surface area contributed by atoms with Crippen LogP contribution in [0.5, 0.6) is 0 Å². The fourth-order valence-electron chi connectivity index (χ4n) is 2.26. The Morgan fingerprint density at radius 2 is 2.19 bits per heavy atom. The lowest BCUT2D eigenvalue weighted by atomic mass is 9.94. The van der Waals surface area contributed by atoms with E-state index in [1.54, 1.807) is 6.07 Å². The average Bonchev–Trinajstić information content (AvgIpc) is 2.46. The maximum Gasteiger partial charge on any atom is 0.324 e. The minimum absolute atomic E-state index is 0.232. The summed E-state index contributed by atoms with van der Waals surface area (Å²) in [6.45, 7) is 6.21. The highest BCUT2D eigenvalue weighted by Gasteiger charge is 2.27. The number of rotatable bonds is 2. The standard InChI is InChI=1S/C17H20N2O2/c1-17(2,3)21-16(20)15-10-14(7-8-19-15)13-6-4-5-12(9-13)11-18/h4-7,9,15,19H,8,10H2,1-3H3. The van der Waals surface area contributed by atoms with Crippen LogP contribution in [0, 0.1) is 11.3 Å². The van der Waals surface area contributed by atoms with E-state index in [0.29, 0.717) is 18.5 Å². The third kappa shape index (κ3) is 4.17. The SMILES string of the molecule is CC(C)(C)OC(=O)C1CC(c2cccc(C#N)c2)=CCN1. The van der Waals surface area contributed by atoms with Crippen LogP contribution in [-0.4, -0.2) is 24.2 Å². The molecule has 0 bridgehead atoms. The molecule has 1 unspecified atom stereocenters. The molecule has 1 atom stereocenters. The molecule has 4 heteroatoms. The van der Waals surface area contributed by atoms with Crippen molar-refractivity contribution in [3.8, 4) is 6.07 Å². The van der Waals surface area contributed by atoms with Crippen LogP contribution in [0.25, 0.3) is 5.57 Å². The van der Waals surface area contributed by atoms with E-state index in [-0.39, 0.29) is 12.0 Å². The van der Waals surface area contributed by atoms with Crippen molar-refractivity contribution in [1.29, 1.82) is 5.26 Å². The number of nitrogens with one attached hydrogen (secondary N) is 1. The monoisotopic (exact) mass is 284 g/mol. The van der Waals surface area contributed by atoms with Crippen LogP contribution in [-0.2, 0) is 9.53 Å². The van der Waals surface area contributed by atoms with Crippen LogP contribution in [0.4, 0.5) is 0 Å². The molecule has 0 fully saturated rings. The predicted molar refractivity (Wildman–Crippen MR) is 81.4 cm³/mol. The fourth-order valence-corrected chi connectivity index (χ4v) is 2.26. The Hall–Kier alpha value is -2.12. The molecule has 1 heterocycles. The molecule has 2 rings (SSSR count). The molecule has 110 valence electrons. The van der Waals surface area contributed by atoms with Gasteiger partial charge in [0.25, 0.3) is 0 Å². The van der Waals surface area contributed by atoms with Gasteiger partial charge in [-0.15, -0.1) is 0 Å². The van der Waals surface area contributed by atoms with Gasteiger partial charge in [-0.25, -0.2) is 0 Å². The Kier molecular flexibility index (Phi) is 4.44. The third-order valence-corrected chi connectivity index (χ3v) is 3.19. The van der Waals surface area contributed by atoms with E-state index in [9.17, 15) is 4.79 Å². The van der Waals surface area contributed by atoms with Gasteiger partial charge in [0.15, 0.2) is 0 Å². The Labute approximate surface area is 125 Å². The summed E-state index contributed by atoms with van der Waals surface area (Å²) < 4.78 is 5.43. The van der Waals surface area contributed by atoms with Gasteiger partial charge in [-0.1, -0.05) is 18.2 Å². The lowest BCUT2D eigenvalue weighted by molar-refractivity contribution is -0.157. The molecular weight excluding hydrogens is 264 g/mol. The fraction of sp³-hybridized carbons (Fsp3) is 0.412. The second kappa shape index (κ2) is 6.11. The Morgan fingerprint density at radius 1 is 1.43 bits per heavy atom. The van der Waals surface area contributed by atoms with Gasteiger partial charge in [-0.3, -0.25) is 4.79 Å². The maximum absolute atomic E-state index is 12.1. The normalized spacial score (nSPS) is 18.6. The molecule has 0 aliphatic carbocycles.